The summed E-state index contributed by atoms with van der Waals surface area (Å²) in [7, 11) is 0. The average Bonchev–Trinajstić information content (AvgIpc) is 2.86. The van der Waals surface area contributed by atoms with Gasteiger partial charge < -0.3 is 10.1 Å². The van der Waals surface area contributed by atoms with Crippen LogP contribution < -0.4 is 5.32 Å². The number of rotatable bonds is 6. The van der Waals surface area contributed by atoms with Gasteiger partial charge in [0.1, 0.15) is 5.82 Å². The monoisotopic (exact) mass is 343 g/mol. The van der Waals surface area contributed by atoms with E-state index >= 15 is 0 Å². The summed E-state index contributed by atoms with van der Waals surface area (Å²) in [6, 6.07) is 5.48. The molecule has 0 amide bonds. The molecule has 2 nitrogen and oxygen atoms in total. The molecule has 3 atom stereocenters. The van der Waals surface area contributed by atoms with Crippen molar-refractivity contribution in [2.24, 2.45) is 0 Å². The highest BCUT2D eigenvalue weighted by molar-refractivity contribution is 9.10. The highest BCUT2D eigenvalue weighted by Gasteiger charge is 2.29. The lowest BCUT2D eigenvalue weighted by molar-refractivity contribution is 0.0320. The van der Waals surface area contributed by atoms with Crippen molar-refractivity contribution in [3.05, 3.63) is 34.1 Å². The molecule has 1 aliphatic rings. The number of hydrogen-bond acceptors (Lipinski definition) is 2. The fraction of sp³-hybridized carbons (Fsp3) is 0.625. The molecule has 3 unspecified atom stereocenters. The summed E-state index contributed by atoms with van der Waals surface area (Å²) in [4.78, 5) is 0. The van der Waals surface area contributed by atoms with Crippen molar-refractivity contribution in [1.82, 2.24) is 5.32 Å². The molecular weight excluding hydrogens is 321 g/mol. The first-order valence-corrected chi connectivity index (χ1v) is 8.22. The molecule has 0 bridgehead atoms. The van der Waals surface area contributed by atoms with E-state index in [9.17, 15) is 4.39 Å². The Morgan fingerprint density at radius 1 is 1.45 bits per heavy atom. The van der Waals surface area contributed by atoms with E-state index in [2.05, 4.69) is 35.1 Å². The van der Waals surface area contributed by atoms with Crippen LogP contribution in [0.15, 0.2) is 22.7 Å². The van der Waals surface area contributed by atoms with Gasteiger partial charge in [-0.1, -0.05) is 19.1 Å². The highest BCUT2D eigenvalue weighted by atomic mass is 79.9. The molecule has 0 aliphatic carbocycles. The maximum absolute atomic E-state index is 13.6. The van der Waals surface area contributed by atoms with Crippen molar-refractivity contribution in [3.63, 3.8) is 0 Å². The van der Waals surface area contributed by atoms with Gasteiger partial charge in [0.25, 0.3) is 0 Å². The molecule has 0 spiro atoms. The number of ether oxygens (including phenoxy) is 1. The molecule has 1 saturated heterocycles. The summed E-state index contributed by atoms with van der Waals surface area (Å²) in [5.41, 5.74) is 1.00. The van der Waals surface area contributed by atoms with Crippen LogP contribution in [0.1, 0.15) is 38.7 Å². The Morgan fingerprint density at radius 2 is 2.25 bits per heavy atom. The van der Waals surface area contributed by atoms with Gasteiger partial charge in [-0.05, 0) is 66.7 Å². The SMILES string of the molecule is CCCNC(Cc1cccc(F)c1Br)C1CCC(C)O1. The summed E-state index contributed by atoms with van der Waals surface area (Å²) in [5, 5.41) is 3.56. The van der Waals surface area contributed by atoms with Crippen LogP contribution in [0.2, 0.25) is 0 Å². The van der Waals surface area contributed by atoms with Gasteiger partial charge in [0.15, 0.2) is 0 Å². The van der Waals surface area contributed by atoms with Crippen LogP contribution in [-0.4, -0.2) is 24.8 Å². The van der Waals surface area contributed by atoms with E-state index in [0.717, 1.165) is 37.8 Å². The van der Waals surface area contributed by atoms with Crippen molar-refractivity contribution in [2.45, 2.75) is 57.8 Å². The first kappa shape index (κ1) is 15.9. The molecule has 1 N–H and O–H groups in total. The maximum atomic E-state index is 13.6. The second-order valence-electron chi connectivity index (χ2n) is 5.54. The fourth-order valence-electron chi connectivity index (χ4n) is 2.74. The molecule has 0 radical (unpaired) electrons. The van der Waals surface area contributed by atoms with E-state index in [1.807, 2.05) is 6.07 Å². The van der Waals surface area contributed by atoms with E-state index in [-0.39, 0.29) is 18.0 Å². The Kier molecular flexibility index (Phi) is 6.00. The summed E-state index contributed by atoms with van der Waals surface area (Å²) in [6.45, 7) is 5.24. The average molecular weight is 344 g/mol. The fourth-order valence-corrected chi connectivity index (χ4v) is 3.16. The Hall–Kier alpha value is -0.450. The third-order valence-electron chi connectivity index (χ3n) is 3.84. The van der Waals surface area contributed by atoms with E-state index in [0.29, 0.717) is 10.6 Å². The molecule has 2 rings (SSSR count). The lowest BCUT2D eigenvalue weighted by Crippen LogP contribution is -2.42. The first-order valence-electron chi connectivity index (χ1n) is 7.43. The van der Waals surface area contributed by atoms with E-state index in [1.165, 1.54) is 6.07 Å². The minimum absolute atomic E-state index is 0.197. The predicted molar refractivity (Wildman–Crippen MR) is 83.5 cm³/mol. The largest absolute Gasteiger partial charge is 0.374 e. The molecule has 1 aromatic rings. The van der Waals surface area contributed by atoms with Gasteiger partial charge in [-0.25, -0.2) is 4.39 Å². The molecule has 0 saturated carbocycles. The molecule has 112 valence electrons. The summed E-state index contributed by atoms with van der Waals surface area (Å²) >= 11 is 3.35. The Bertz CT molecular complexity index is 440. The second kappa shape index (κ2) is 7.53. The topological polar surface area (TPSA) is 21.3 Å². The molecule has 1 fully saturated rings. The normalized spacial score (nSPS) is 24.0. The smallest absolute Gasteiger partial charge is 0.137 e. The van der Waals surface area contributed by atoms with E-state index < -0.39 is 0 Å². The zero-order chi connectivity index (χ0) is 14.5. The van der Waals surface area contributed by atoms with Crippen molar-refractivity contribution in [2.75, 3.05) is 6.54 Å². The molecular formula is C16H23BrFNO. The van der Waals surface area contributed by atoms with Crippen molar-refractivity contribution in [3.8, 4) is 0 Å². The molecule has 0 aromatic heterocycles. The molecule has 1 aliphatic heterocycles. The van der Waals surface area contributed by atoms with Gasteiger partial charge in [0.05, 0.1) is 16.7 Å². The lowest BCUT2D eigenvalue weighted by Gasteiger charge is -2.25. The minimum Gasteiger partial charge on any atom is -0.374 e. The summed E-state index contributed by atoms with van der Waals surface area (Å²) < 4.78 is 20.2. The molecule has 4 heteroatoms. The van der Waals surface area contributed by atoms with Crippen LogP contribution in [0.3, 0.4) is 0 Å². The van der Waals surface area contributed by atoms with Gasteiger partial charge in [-0.3, -0.25) is 0 Å². The first-order chi connectivity index (χ1) is 9.61. The van der Waals surface area contributed by atoms with Crippen molar-refractivity contribution >= 4 is 15.9 Å². The van der Waals surface area contributed by atoms with Gasteiger partial charge in [-0.2, -0.15) is 0 Å². The zero-order valence-electron chi connectivity index (χ0n) is 12.2. The van der Waals surface area contributed by atoms with Crippen LogP contribution in [0.25, 0.3) is 0 Å². The quantitative estimate of drug-likeness (QED) is 0.840. The molecule has 1 aromatic carbocycles. The number of hydrogen-bond donors (Lipinski definition) is 1. The third-order valence-corrected chi connectivity index (χ3v) is 4.73. The maximum Gasteiger partial charge on any atom is 0.137 e. The highest BCUT2D eigenvalue weighted by Crippen LogP contribution is 2.27. The number of halogens is 2. The summed E-state index contributed by atoms with van der Waals surface area (Å²) in [5.74, 6) is -0.197. The van der Waals surface area contributed by atoms with Gasteiger partial charge in [0, 0.05) is 6.04 Å². The van der Waals surface area contributed by atoms with E-state index in [4.69, 9.17) is 4.74 Å². The van der Waals surface area contributed by atoms with Crippen LogP contribution in [0.5, 0.6) is 0 Å². The van der Waals surface area contributed by atoms with Crippen molar-refractivity contribution < 1.29 is 9.13 Å². The predicted octanol–water partition coefficient (Wildman–Crippen LogP) is 4.07. The van der Waals surface area contributed by atoms with Crippen LogP contribution in [0.4, 0.5) is 4.39 Å². The minimum atomic E-state index is -0.197. The lowest BCUT2D eigenvalue weighted by atomic mass is 9.99. The van der Waals surface area contributed by atoms with Crippen LogP contribution >= 0.6 is 15.9 Å². The summed E-state index contributed by atoms with van der Waals surface area (Å²) in [6.07, 6.45) is 4.63. The van der Waals surface area contributed by atoms with Gasteiger partial charge in [-0.15, -0.1) is 0 Å². The van der Waals surface area contributed by atoms with E-state index in [1.54, 1.807) is 6.07 Å². The van der Waals surface area contributed by atoms with Crippen LogP contribution in [0, 0.1) is 5.82 Å². The number of nitrogens with one attached hydrogen (secondary N) is 1. The number of benzene rings is 1. The zero-order valence-corrected chi connectivity index (χ0v) is 13.7. The second-order valence-corrected chi connectivity index (χ2v) is 6.33. The van der Waals surface area contributed by atoms with Crippen molar-refractivity contribution in [1.29, 1.82) is 0 Å². The Morgan fingerprint density at radius 3 is 2.90 bits per heavy atom. The molecule has 1 heterocycles. The molecule has 20 heavy (non-hydrogen) atoms. The van der Waals surface area contributed by atoms with Crippen LogP contribution in [-0.2, 0) is 11.2 Å². The Balaban J connectivity index is 2.08. The Labute approximate surface area is 129 Å². The standard InChI is InChI=1S/C16H23BrFNO/c1-3-9-19-14(15-8-7-11(2)20-15)10-12-5-4-6-13(18)16(12)17/h4-6,11,14-15,19H,3,7-10H2,1-2H3. The third kappa shape index (κ3) is 4.03. The van der Waals surface area contributed by atoms with Gasteiger partial charge >= 0.3 is 0 Å². The van der Waals surface area contributed by atoms with Gasteiger partial charge in [0.2, 0.25) is 0 Å².